The summed E-state index contributed by atoms with van der Waals surface area (Å²) in [6.45, 7) is 3.96. The van der Waals surface area contributed by atoms with E-state index in [1.165, 1.54) is 0 Å². The maximum Gasteiger partial charge on any atom is 0.290 e. The van der Waals surface area contributed by atoms with Crippen LogP contribution in [-0.2, 0) is 17.8 Å². The van der Waals surface area contributed by atoms with Crippen molar-refractivity contribution in [1.82, 2.24) is 25.0 Å². The number of hydrogen-bond donors (Lipinski definition) is 2. The van der Waals surface area contributed by atoms with E-state index in [2.05, 4.69) is 20.4 Å². The molecule has 2 heterocycles. The first-order valence-electron chi connectivity index (χ1n) is 8.41. The molecule has 9 nitrogen and oxygen atoms in total. The molecule has 0 spiro atoms. The van der Waals surface area contributed by atoms with E-state index in [1.807, 2.05) is 42.7 Å². The van der Waals surface area contributed by atoms with Crippen LogP contribution in [-0.4, -0.2) is 31.5 Å². The van der Waals surface area contributed by atoms with Crippen molar-refractivity contribution in [3.63, 3.8) is 0 Å². The number of nitrogens with two attached hydrogens (primary N) is 1. The molecule has 0 aliphatic heterocycles. The van der Waals surface area contributed by atoms with Gasteiger partial charge < -0.3 is 20.1 Å². The fourth-order valence-electron chi connectivity index (χ4n) is 2.88. The molecule has 0 aliphatic carbocycles. The number of imidazole rings is 1. The summed E-state index contributed by atoms with van der Waals surface area (Å²) in [5.74, 6) is -0.218. The van der Waals surface area contributed by atoms with Crippen molar-refractivity contribution in [2.24, 2.45) is 5.73 Å². The first-order chi connectivity index (χ1) is 12.5. The van der Waals surface area contributed by atoms with Crippen molar-refractivity contribution in [2.45, 2.75) is 39.3 Å². The predicted molar refractivity (Wildman–Crippen MR) is 93.1 cm³/mol. The van der Waals surface area contributed by atoms with Gasteiger partial charge in [-0.25, -0.2) is 4.98 Å². The van der Waals surface area contributed by atoms with Gasteiger partial charge in [-0.1, -0.05) is 31.1 Å². The van der Waals surface area contributed by atoms with Gasteiger partial charge in [-0.2, -0.15) is 4.98 Å². The molecule has 3 N–H and O–H groups in total. The first kappa shape index (κ1) is 17.6. The van der Waals surface area contributed by atoms with E-state index in [9.17, 15) is 9.59 Å². The average Bonchev–Trinajstić information content (AvgIpc) is 3.26. The molecule has 0 unspecified atom stereocenters. The molecule has 1 atom stereocenters. The lowest BCUT2D eigenvalue weighted by Crippen LogP contribution is -2.32. The Balaban J connectivity index is 1.82. The molecular formula is C17H20N6O3. The lowest BCUT2D eigenvalue weighted by Gasteiger charge is -2.19. The molecular weight excluding hydrogens is 336 g/mol. The fourth-order valence-corrected chi connectivity index (χ4v) is 2.88. The van der Waals surface area contributed by atoms with Crippen molar-refractivity contribution in [1.29, 1.82) is 0 Å². The number of amides is 2. The van der Waals surface area contributed by atoms with E-state index < -0.39 is 11.9 Å². The summed E-state index contributed by atoms with van der Waals surface area (Å²) < 4.78 is 6.87. The Bertz CT molecular complexity index is 945. The molecule has 0 bridgehead atoms. The largest absolute Gasteiger partial charge is 0.363 e. The van der Waals surface area contributed by atoms with E-state index in [0.717, 1.165) is 16.9 Å². The third-order valence-electron chi connectivity index (χ3n) is 4.09. The number of nitrogens with one attached hydrogen (secondary N) is 1. The molecule has 3 rings (SSSR count). The molecule has 2 aromatic heterocycles. The monoisotopic (exact) mass is 356 g/mol. The highest BCUT2D eigenvalue weighted by Crippen LogP contribution is 2.24. The molecule has 0 saturated heterocycles. The van der Waals surface area contributed by atoms with Gasteiger partial charge in [-0.3, -0.25) is 9.59 Å². The summed E-state index contributed by atoms with van der Waals surface area (Å²) in [4.78, 5) is 32.2. The minimum absolute atomic E-state index is 0.0176. The number of fused-ring (bicyclic) bond motifs is 1. The van der Waals surface area contributed by atoms with Crippen molar-refractivity contribution < 1.29 is 14.1 Å². The van der Waals surface area contributed by atoms with Crippen LogP contribution < -0.4 is 11.1 Å². The maximum atomic E-state index is 12.8. The van der Waals surface area contributed by atoms with Crippen molar-refractivity contribution in [2.75, 3.05) is 0 Å². The van der Waals surface area contributed by atoms with Gasteiger partial charge in [0.05, 0.1) is 17.6 Å². The fraction of sp³-hybridized carbons (Fsp3) is 0.353. The summed E-state index contributed by atoms with van der Waals surface area (Å²) in [5, 5.41) is 6.22. The Morgan fingerprint density at radius 2 is 2.04 bits per heavy atom. The van der Waals surface area contributed by atoms with Crippen LogP contribution in [0, 0.1) is 0 Å². The zero-order valence-electron chi connectivity index (χ0n) is 14.6. The van der Waals surface area contributed by atoms with Crippen LogP contribution in [0.4, 0.5) is 0 Å². The van der Waals surface area contributed by atoms with Gasteiger partial charge in [0.25, 0.3) is 11.7 Å². The van der Waals surface area contributed by atoms with Crippen molar-refractivity contribution >= 4 is 22.8 Å². The minimum Gasteiger partial charge on any atom is -0.363 e. The second kappa shape index (κ2) is 7.34. The number of rotatable bonds is 7. The quantitative estimate of drug-likeness (QED) is 0.657. The first-order valence-corrected chi connectivity index (χ1v) is 8.41. The lowest BCUT2D eigenvalue weighted by molar-refractivity contribution is -0.124. The van der Waals surface area contributed by atoms with E-state index >= 15 is 0 Å². The van der Waals surface area contributed by atoms with E-state index in [1.54, 1.807) is 0 Å². The third-order valence-corrected chi connectivity index (χ3v) is 4.09. The average molecular weight is 356 g/mol. The van der Waals surface area contributed by atoms with Crippen LogP contribution in [0.1, 0.15) is 48.6 Å². The Morgan fingerprint density at radius 3 is 2.69 bits per heavy atom. The summed E-state index contributed by atoms with van der Waals surface area (Å²) in [6.07, 6.45) is 1.31. The zero-order chi connectivity index (χ0) is 18.7. The second-order valence-corrected chi connectivity index (χ2v) is 5.76. The molecule has 0 aliphatic rings. The number of benzene rings is 1. The Kier molecular flexibility index (Phi) is 4.97. The highest BCUT2D eigenvalue weighted by molar-refractivity contribution is 5.88. The van der Waals surface area contributed by atoms with Crippen LogP contribution >= 0.6 is 0 Å². The van der Waals surface area contributed by atoms with Crippen molar-refractivity contribution in [3.8, 4) is 0 Å². The molecule has 0 fully saturated rings. The van der Waals surface area contributed by atoms with E-state index in [-0.39, 0.29) is 24.2 Å². The third kappa shape index (κ3) is 3.28. The molecule has 26 heavy (non-hydrogen) atoms. The van der Waals surface area contributed by atoms with Gasteiger partial charge in [0, 0.05) is 6.42 Å². The molecule has 2 amide bonds. The summed E-state index contributed by atoms with van der Waals surface area (Å²) in [7, 11) is 0. The van der Waals surface area contributed by atoms with Crippen LogP contribution in [0.25, 0.3) is 11.0 Å². The molecule has 136 valence electrons. The Morgan fingerprint density at radius 1 is 1.27 bits per heavy atom. The van der Waals surface area contributed by atoms with Gasteiger partial charge in [-0.15, -0.1) is 0 Å². The summed E-state index contributed by atoms with van der Waals surface area (Å²) in [5.41, 5.74) is 6.86. The standard InChI is InChI=1S/C17H20N6O3/c1-3-11(17(25)19-9-14-21-16(15(18)24)22-26-14)23-12-8-6-5-7-10(12)20-13(23)4-2/h5-8,11H,3-4,9H2,1-2H3,(H2,18,24)(H,19,25)/t11-/m1/s1. The molecule has 1 aromatic carbocycles. The Hall–Kier alpha value is -3.23. The van der Waals surface area contributed by atoms with Gasteiger partial charge in [-0.05, 0) is 18.6 Å². The summed E-state index contributed by atoms with van der Waals surface area (Å²) >= 11 is 0. The number of carbonyl (C=O) groups excluding carboxylic acids is 2. The van der Waals surface area contributed by atoms with Gasteiger partial charge in [0.1, 0.15) is 11.9 Å². The number of aromatic nitrogens is 4. The number of aryl methyl sites for hydroxylation is 1. The van der Waals surface area contributed by atoms with Crippen molar-refractivity contribution in [3.05, 3.63) is 41.8 Å². The molecule has 0 radical (unpaired) electrons. The number of primary amides is 1. The molecule has 9 heteroatoms. The number of para-hydroxylation sites is 2. The van der Waals surface area contributed by atoms with E-state index in [0.29, 0.717) is 12.8 Å². The number of nitrogens with zero attached hydrogens (tertiary/aromatic N) is 4. The smallest absolute Gasteiger partial charge is 0.290 e. The SMILES string of the molecule is CCc1nc2ccccc2n1[C@H](CC)C(=O)NCc1nc(C(N)=O)no1. The summed E-state index contributed by atoms with van der Waals surface area (Å²) in [6, 6.07) is 7.31. The van der Waals surface area contributed by atoms with Crippen LogP contribution in [0.3, 0.4) is 0 Å². The molecule has 0 saturated carbocycles. The topological polar surface area (TPSA) is 129 Å². The number of hydrogen-bond acceptors (Lipinski definition) is 6. The Labute approximate surface area is 149 Å². The number of carbonyl (C=O) groups is 2. The predicted octanol–water partition coefficient (Wildman–Crippen LogP) is 1.35. The molecule has 3 aromatic rings. The van der Waals surface area contributed by atoms with Crippen LogP contribution in [0.2, 0.25) is 0 Å². The highest BCUT2D eigenvalue weighted by Gasteiger charge is 2.24. The minimum atomic E-state index is -0.782. The normalized spacial score (nSPS) is 12.2. The highest BCUT2D eigenvalue weighted by atomic mass is 16.5. The van der Waals surface area contributed by atoms with Gasteiger partial charge in [0.2, 0.25) is 11.8 Å². The lowest BCUT2D eigenvalue weighted by atomic mass is 10.2. The second-order valence-electron chi connectivity index (χ2n) is 5.76. The van der Waals surface area contributed by atoms with Gasteiger partial charge >= 0.3 is 0 Å². The van der Waals surface area contributed by atoms with Crippen LogP contribution in [0.5, 0.6) is 0 Å². The van der Waals surface area contributed by atoms with Gasteiger partial charge in [0.15, 0.2) is 0 Å². The zero-order valence-corrected chi connectivity index (χ0v) is 14.6. The maximum absolute atomic E-state index is 12.8. The van der Waals surface area contributed by atoms with Crippen LogP contribution in [0.15, 0.2) is 28.8 Å². The van der Waals surface area contributed by atoms with E-state index in [4.69, 9.17) is 10.3 Å².